The third-order valence-electron chi connectivity index (χ3n) is 1.56. The summed E-state index contributed by atoms with van der Waals surface area (Å²) in [5.74, 6) is 0. The Morgan fingerprint density at radius 1 is 1.45 bits per heavy atom. The van der Waals surface area contributed by atoms with E-state index in [-0.39, 0.29) is 0 Å². The first-order valence-electron chi connectivity index (χ1n) is 3.46. The van der Waals surface area contributed by atoms with Gasteiger partial charge in [-0.15, -0.1) is 0 Å². The van der Waals surface area contributed by atoms with Crippen molar-refractivity contribution in [3.05, 3.63) is 29.3 Å². The summed E-state index contributed by atoms with van der Waals surface area (Å²) >= 11 is 0. The Hall–Kier alpha value is -1.49. The monoisotopic (exact) mass is 146 g/mol. The fourth-order valence-electron chi connectivity index (χ4n) is 0.969. The molecule has 0 saturated carbocycles. The molecular weight excluding hydrogens is 136 g/mol. The number of anilines is 1. The van der Waals surface area contributed by atoms with E-state index in [2.05, 4.69) is 11.4 Å². The number of nitrogens with zero attached hydrogens (tertiary/aromatic N) is 1. The molecule has 0 aliphatic carbocycles. The molecule has 2 heteroatoms. The lowest BCUT2D eigenvalue weighted by Crippen LogP contribution is -1.91. The SMILES string of the molecule is CNc1ccc(C)cc1C#N. The first kappa shape index (κ1) is 7.62. The predicted molar refractivity (Wildman–Crippen MR) is 45.4 cm³/mol. The van der Waals surface area contributed by atoms with Crippen LogP contribution in [0.15, 0.2) is 18.2 Å². The molecule has 0 bridgehead atoms. The lowest BCUT2D eigenvalue weighted by Gasteiger charge is -2.02. The van der Waals surface area contributed by atoms with E-state index in [1.54, 1.807) is 0 Å². The van der Waals surface area contributed by atoms with Crippen molar-refractivity contribution in [2.75, 3.05) is 12.4 Å². The van der Waals surface area contributed by atoms with Crippen molar-refractivity contribution in [3.63, 3.8) is 0 Å². The Morgan fingerprint density at radius 3 is 2.73 bits per heavy atom. The molecule has 0 unspecified atom stereocenters. The molecule has 1 N–H and O–H groups in total. The van der Waals surface area contributed by atoms with Crippen molar-refractivity contribution < 1.29 is 0 Å². The van der Waals surface area contributed by atoms with Gasteiger partial charge in [0.15, 0.2) is 0 Å². The van der Waals surface area contributed by atoms with E-state index in [0.29, 0.717) is 5.56 Å². The molecule has 1 aromatic carbocycles. The minimum absolute atomic E-state index is 0.701. The molecule has 0 fully saturated rings. The maximum atomic E-state index is 8.68. The standard InChI is InChI=1S/C9H10N2/c1-7-3-4-9(11-2)8(5-7)6-10/h3-5,11H,1-2H3. The van der Waals surface area contributed by atoms with Crippen LogP contribution in [0.5, 0.6) is 0 Å². The van der Waals surface area contributed by atoms with Crippen LogP contribution in [0.4, 0.5) is 5.69 Å². The topological polar surface area (TPSA) is 35.8 Å². The summed E-state index contributed by atoms with van der Waals surface area (Å²) in [4.78, 5) is 0. The summed E-state index contributed by atoms with van der Waals surface area (Å²) in [6.07, 6.45) is 0. The van der Waals surface area contributed by atoms with Crippen molar-refractivity contribution >= 4 is 5.69 Å². The first-order chi connectivity index (χ1) is 5.27. The van der Waals surface area contributed by atoms with Crippen molar-refractivity contribution in [1.82, 2.24) is 0 Å². The minimum Gasteiger partial charge on any atom is -0.387 e. The molecule has 0 amide bonds. The van der Waals surface area contributed by atoms with Gasteiger partial charge >= 0.3 is 0 Å². The van der Waals surface area contributed by atoms with Gasteiger partial charge in [0.2, 0.25) is 0 Å². The van der Waals surface area contributed by atoms with Crippen LogP contribution in [0, 0.1) is 18.3 Å². The van der Waals surface area contributed by atoms with E-state index in [9.17, 15) is 0 Å². The maximum absolute atomic E-state index is 8.68. The summed E-state index contributed by atoms with van der Waals surface area (Å²) in [5.41, 5.74) is 2.70. The van der Waals surface area contributed by atoms with Gasteiger partial charge in [0.25, 0.3) is 0 Å². The van der Waals surface area contributed by atoms with Gasteiger partial charge in [-0.1, -0.05) is 6.07 Å². The fraction of sp³-hybridized carbons (Fsp3) is 0.222. The second kappa shape index (κ2) is 3.07. The lowest BCUT2D eigenvalue weighted by atomic mass is 10.1. The van der Waals surface area contributed by atoms with Gasteiger partial charge in [0, 0.05) is 7.05 Å². The fourth-order valence-corrected chi connectivity index (χ4v) is 0.969. The van der Waals surface area contributed by atoms with E-state index >= 15 is 0 Å². The summed E-state index contributed by atoms with van der Waals surface area (Å²) in [7, 11) is 1.81. The zero-order valence-electron chi connectivity index (χ0n) is 6.68. The number of rotatable bonds is 1. The van der Waals surface area contributed by atoms with Gasteiger partial charge in [-0.2, -0.15) is 5.26 Å². The van der Waals surface area contributed by atoms with Crippen molar-refractivity contribution in [2.45, 2.75) is 6.92 Å². The van der Waals surface area contributed by atoms with Crippen LogP contribution < -0.4 is 5.32 Å². The number of hydrogen-bond acceptors (Lipinski definition) is 2. The molecule has 1 aromatic rings. The van der Waals surface area contributed by atoms with E-state index in [4.69, 9.17) is 5.26 Å². The third kappa shape index (κ3) is 1.50. The Kier molecular flexibility index (Phi) is 2.12. The van der Waals surface area contributed by atoms with Crippen molar-refractivity contribution in [1.29, 1.82) is 5.26 Å². The summed E-state index contributed by atoms with van der Waals surface area (Å²) in [6.45, 7) is 1.97. The highest BCUT2D eigenvalue weighted by molar-refractivity contribution is 5.57. The smallest absolute Gasteiger partial charge is 0.101 e. The quantitative estimate of drug-likeness (QED) is 0.656. The highest BCUT2D eigenvalue weighted by Gasteiger charge is 1.97. The van der Waals surface area contributed by atoms with Gasteiger partial charge in [-0.3, -0.25) is 0 Å². The molecule has 0 saturated heterocycles. The zero-order valence-corrected chi connectivity index (χ0v) is 6.68. The highest BCUT2D eigenvalue weighted by Crippen LogP contribution is 2.14. The summed E-state index contributed by atoms with van der Waals surface area (Å²) in [6, 6.07) is 7.88. The summed E-state index contributed by atoms with van der Waals surface area (Å²) in [5, 5.41) is 11.6. The highest BCUT2D eigenvalue weighted by atomic mass is 14.8. The maximum Gasteiger partial charge on any atom is 0.101 e. The van der Waals surface area contributed by atoms with E-state index in [0.717, 1.165) is 11.3 Å². The molecule has 0 radical (unpaired) electrons. The van der Waals surface area contributed by atoms with Crippen molar-refractivity contribution in [2.24, 2.45) is 0 Å². The van der Waals surface area contributed by atoms with Crippen LogP contribution >= 0.6 is 0 Å². The van der Waals surface area contributed by atoms with Crippen LogP contribution in [-0.2, 0) is 0 Å². The number of nitriles is 1. The Balaban J connectivity index is 3.19. The number of nitrogens with one attached hydrogen (secondary N) is 1. The average molecular weight is 146 g/mol. The molecule has 0 aromatic heterocycles. The largest absolute Gasteiger partial charge is 0.387 e. The molecule has 0 atom stereocenters. The molecule has 0 spiro atoms. The Labute approximate surface area is 66.5 Å². The average Bonchev–Trinajstić information content (AvgIpc) is 2.04. The molecule has 56 valence electrons. The second-order valence-corrected chi connectivity index (χ2v) is 2.41. The van der Waals surface area contributed by atoms with Gasteiger partial charge < -0.3 is 5.32 Å². The Bertz CT molecular complexity index is 297. The van der Waals surface area contributed by atoms with Gasteiger partial charge in [0.1, 0.15) is 6.07 Å². The minimum atomic E-state index is 0.701. The summed E-state index contributed by atoms with van der Waals surface area (Å²) < 4.78 is 0. The second-order valence-electron chi connectivity index (χ2n) is 2.41. The molecule has 0 aliphatic rings. The first-order valence-corrected chi connectivity index (χ1v) is 3.46. The van der Waals surface area contributed by atoms with Gasteiger partial charge in [-0.25, -0.2) is 0 Å². The van der Waals surface area contributed by atoms with E-state index in [1.807, 2.05) is 32.2 Å². The van der Waals surface area contributed by atoms with Crippen LogP contribution in [0.3, 0.4) is 0 Å². The van der Waals surface area contributed by atoms with E-state index < -0.39 is 0 Å². The van der Waals surface area contributed by atoms with Crippen LogP contribution in [0.25, 0.3) is 0 Å². The van der Waals surface area contributed by atoms with Crippen LogP contribution in [-0.4, -0.2) is 7.05 Å². The molecule has 0 heterocycles. The van der Waals surface area contributed by atoms with Gasteiger partial charge in [-0.05, 0) is 24.6 Å². The third-order valence-corrected chi connectivity index (χ3v) is 1.56. The van der Waals surface area contributed by atoms with Gasteiger partial charge in [0.05, 0.1) is 11.3 Å². The number of benzene rings is 1. The van der Waals surface area contributed by atoms with Crippen LogP contribution in [0.1, 0.15) is 11.1 Å². The Morgan fingerprint density at radius 2 is 2.18 bits per heavy atom. The normalized spacial score (nSPS) is 8.82. The lowest BCUT2D eigenvalue weighted by molar-refractivity contribution is 1.39. The van der Waals surface area contributed by atoms with Crippen molar-refractivity contribution in [3.8, 4) is 6.07 Å². The molecule has 11 heavy (non-hydrogen) atoms. The van der Waals surface area contributed by atoms with E-state index in [1.165, 1.54) is 0 Å². The molecule has 1 rings (SSSR count). The molecular formula is C9H10N2. The number of hydrogen-bond donors (Lipinski definition) is 1. The zero-order chi connectivity index (χ0) is 8.27. The molecule has 2 nitrogen and oxygen atoms in total. The predicted octanol–water partition coefficient (Wildman–Crippen LogP) is 1.91. The molecule has 0 aliphatic heterocycles. The number of aryl methyl sites for hydroxylation is 1. The van der Waals surface area contributed by atoms with Crippen LogP contribution in [0.2, 0.25) is 0 Å².